The lowest BCUT2D eigenvalue weighted by atomic mass is 9.92. The first-order valence-corrected chi connectivity index (χ1v) is 5.58. The minimum atomic E-state index is 0.217. The largest absolute Gasteiger partial charge is 0.339 e. The summed E-state index contributed by atoms with van der Waals surface area (Å²) in [5.41, 5.74) is 0.217. The van der Waals surface area contributed by atoms with Gasteiger partial charge < -0.3 is 9.84 Å². The lowest BCUT2D eigenvalue weighted by Gasteiger charge is -2.14. The first kappa shape index (κ1) is 10.6. The standard InChI is InChI=1S/C11H19N3O/c1-11(2,3)6-9-13-10(15-14-9)8-4-5-12-7-8/h8,12H,4-7H2,1-3H3. The van der Waals surface area contributed by atoms with Crippen LogP contribution in [0.5, 0.6) is 0 Å². The maximum Gasteiger partial charge on any atom is 0.231 e. The fraction of sp³-hybridized carbons (Fsp3) is 0.818. The Morgan fingerprint density at radius 3 is 2.87 bits per heavy atom. The van der Waals surface area contributed by atoms with Gasteiger partial charge in [-0.15, -0.1) is 0 Å². The third-order valence-corrected chi connectivity index (χ3v) is 2.58. The molecule has 0 saturated carbocycles. The van der Waals surface area contributed by atoms with Gasteiger partial charge in [-0.1, -0.05) is 25.9 Å². The smallest absolute Gasteiger partial charge is 0.231 e. The highest BCUT2D eigenvalue weighted by atomic mass is 16.5. The van der Waals surface area contributed by atoms with Crippen LogP contribution >= 0.6 is 0 Å². The number of hydrogen-bond acceptors (Lipinski definition) is 4. The van der Waals surface area contributed by atoms with Crippen molar-refractivity contribution in [1.29, 1.82) is 0 Å². The van der Waals surface area contributed by atoms with Crippen molar-refractivity contribution >= 4 is 0 Å². The maximum atomic E-state index is 5.29. The Hall–Kier alpha value is -0.900. The summed E-state index contributed by atoms with van der Waals surface area (Å²) >= 11 is 0. The molecule has 4 heteroatoms. The summed E-state index contributed by atoms with van der Waals surface area (Å²) in [5.74, 6) is 2.06. The molecule has 1 unspecified atom stereocenters. The van der Waals surface area contributed by atoms with E-state index in [1.165, 1.54) is 0 Å². The predicted octanol–water partition coefficient (Wildman–Crippen LogP) is 1.74. The molecule has 1 saturated heterocycles. The van der Waals surface area contributed by atoms with Crippen molar-refractivity contribution in [1.82, 2.24) is 15.5 Å². The first-order chi connectivity index (χ1) is 7.04. The quantitative estimate of drug-likeness (QED) is 0.806. The van der Waals surface area contributed by atoms with Gasteiger partial charge in [0.2, 0.25) is 5.89 Å². The fourth-order valence-electron chi connectivity index (χ4n) is 1.84. The van der Waals surface area contributed by atoms with E-state index in [1.54, 1.807) is 0 Å². The molecular formula is C11H19N3O. The van der Waals surface area contributed by atoms with E-state index in [9.17, 15) is 0 Å². The van der Waals surface area contributed by atoms with Gasteiger partial charge in [-0.25, -0.2) is 0 Å². The molecule has 0 radical (unpaired) electrons. The Morgan fingerprint density at radius 1 is 1.47 bits per heavy atom. The summed E-state index contributed by atoms with van der Waals surface area (Å²) in [5, 5.41) is 7.33. The van der Waals surface area contributed by atoms with Crippen LogP contribution in [0.1, 0.15) is 44.8 Å². The summed E-state index contributed by atoms with van der Waals surface area (Å²) in [6.45, 7) is 8.57. The summed E-state index contributed by atoms with van der Waals surface area (Å²) in [6, 6.07) is 0. The third kappa shape index (κ3) is 2.78. The van der Waals surface area contributed by atoms with Crippen molar-refractivity contribution < 1.29 is 4.52 Å². The van der Waals surface area contributed by atoms with Crippen LogP contribution < -0.4 is 5.32 Å². The molecule has 0 spiro atoms. The lowest BCUT2D eigenvalue weighted by molar-refractivity contribution is 0.343. The molecule has 1 atom stereocenters. The van der Waals surface area contributed by atoms with Crippen molar-refractivity contribution in [3.8, 4) is 0 Å². The molecule has 15 heavy (non-hydrogen) atoms. The fourth-order valence-corrected chi connectivity index (χ4v) is 1.84. The summed E-state index contributed by atoms with van der Waals surface area (Å²) in [7, 11) is 0. The van der Waals surface area contributed by atoms with Crippen LogP contribution in [0.3, 0.4) is 0 Å². The van der Waals surface area contributed by atoms with E-state index in [1.807, 2.05) is 0 Å². The molecule has 4 nitrogen and oxygen atoms in total. The molecule has 1 fully saturated rings. The second-order valence-corrected chi connectivity index (χ2v) is 5.48. The van der Waals surface area contributed by atoms with Gasteiger partial charge in [0.1, 0.15) is 0 Å². The van der Waals surface area contributed by atoms with E-state index in [0.29, 0.717) is 5.92 Å². The molecule has 1 aliphatic rings. The molecule has 1 aromatic rings. The molecular weight excluding hydrogens is 190 g/mol. The molecule has 0 aromatic carbocycles. The van der Waals surface area contributed by atoms with Gasteiger partial charge in [0, 0.05) is 13.0 Å². The zero-order valence-corrected chi connectivity index (χ0v) is 9.71. The Bertz CT molecular complexity index is 321. The Morgan fingerprint density at radius 2 is 2.27 bits per heavy atom. The number of aromatic nitrogens is 2. The number of hydrogen-bond donors (Lipinski definition) is 1. The van der Waals surface area contributed by atoms with Crippen LogP contribution in [0.15, 0.2) is 4.52 Å². The van der Waals surface area contributed by atoms with Crippen LogP contribution in [-0.4, -0.2) is 23.2 Å². The molecule has 84 valence electrons. The van der Waals surface area contributed by atoms with Gasteiger partial charge in [0.25, 0.3) is 0 Å². The number of nitrogens with one attached hydrogen (secondary N) is 1. The summed E-state index contributed by atoms with van der Waals surface area (Å²) in [6.07, 6.45) is 1.98. The van der Waals surface area contributed by atoms with E-state index in [2.05, 4.69) is 36.2 Å². The molecule has 2 heterocycles. The SMILES string of the molecule is CC(C)(C)Cc1noc(C2CCNC2)n1. The van der Waals surface area contributed by atoms with E-state index in [0.717, 1.165) is 37.6 Å². The van der Waals surface area contributed by atoms with Gasteiger partial charge in [-0.05, 0) is 18.4 Å². The van der Waals surface area contributed by atoms with Crippen molar-refractivity contribution in [2.24, 2.45) is 5.41 Å². The summed E-state index contributed by atoms with van der Waals surface area (Å²) < 4.78 is 5.29. The van der Waals surface area contributed by atoms with Gasteiger partial charge in [-0.3, -0.25) is 0 Å². The highest BCUT2D eigenvalue weighted by Gasteiger charge is 2.23. The topological polar surface area (TPSA) is 51.0 Å². The number of rotatable bonds is 2. The first-order valence-electron chi connectivity index (χ1n) is 5.58. The van der Waals surface area contributed by atoms with Crippen molar-refractivity contribution in [3.63, 3.8) is 0 Å². The molecule has 0 bridgehead atoms. The van der Waals surface area contributed by atoms with Crippen LogP contribution in [0.2, 0.25) is 0 Å². The van der Waals surface area contributed by atoms with E-state index in [-0.39, 0.29) is 5.41 Å². The third-order valence-electron chi connectivity index (χ3n) is 2.58. The average molecular weight is 209 g/mol. The second-order valence-electron chi connectivity index (χ2n) is 5.48. The molecule has 1 aromatic heterocycles. The minimum absolute atomic E-state index is 0.217. The van der Waals surface area contributed by atoms with E-state index >= 15 is 0 Å². The van der Waals surface area contributed by atoms with Crippen LogP contribution in [0.4, 0.5) is 0 Å². The van der Waals surface area contributed by atoms with Crippen molar-refractivity contribution in [2.75, 3.05) is 13.1 Å². The van der Waals surface area contributed by atoms with E-state index in [4.69, 9.17) is 4.52 Å². The van der Waals surface area contributed by atoms with Crippen LogP contribution in [0, 0.1) is 5.41 Å². The van der Waals surface area contributed by atoms with Gasteiger partial charge in [0.05, 0.1) is 5.92 Å². The molecule has 1 aliphatic heterocycles. The Labute approximate surface area is 90.4 Å². The summed E-state index contributed by atoms with van der Waals surface area (Å²) in [4.78, 5) is 4.46. The van der Waals surface area contributed by atoms with Gasteiger partial charge >= 0.3 is 0 Å². The monoisotopic (exact) mass is 209 g/mol. The highest BCUT2D eigenvalue weighted by Crippen LogP contribution is 2.23. The van der Waals surface area contributed by atoms with Crippen LogP contribution in [0.25, 0.3) is 0 Å². The maximum absolute atomic E-state index is 5.29. The van der Waals surface area contributed by atoms with Gasteiger partial charge in [-0.2, -0.15) is 4.98 Å². The number of nitrogens with zero attached hydrogens (tertiary/aromatic N) is 2. The highest BCUT2D eigenvalue weighted by molar-refractivity contribution is 4.99. The Balaban J connectivity index is 2.03. The second kappa shape index (κ2) is 3.93. The molecule has 1 N–H and O–H groups in total. The van der Waals surface area contributed by atoms with Gasteiger partial charge in [0.15, 0.2) is 5.82 Å². The molecule has 0 amide bonds. The minimum Gasteiger partial charge on any atom is -0.339 e. The van der Waals surface area contributed by atoms with Crippen molar-refractivity contribution in [3.05, 3.63) is 11.7 Å². The van der Waals surface area contributed by atoms with Crippen LogP contribution in [-0.2, 0) is 6.42 Å². The predicted molar refractivity (Wildman–Crippen MR) is 57.7 cm³/mol. The van der Waals surface area contributed by atoms with E-state index < -0.39 is 0 Å². The molecule has 2 rings (SSSR count). The Kier molecular flexibility index (Phi) is 2.78. The zero-order valence-electron chi connectivity index (χ0n) is 9.71. The lowest BCUT2D eigenvalue weighted by Crippen LogP contribution is -2.11. The zero-order chi connectivity index (χ0) is 10.9. The molecule has 0 aliphatic carbocycles. The normalized spacial score (nSPS) is 22.2. The van der Waals surface area contributed by atoms with Crippen molar-refractivity contribution in [2.45, 2.75) is 39.5 Å². The average Bonchev–Trinajstić information content (AvgIpc) is 2.68.